The predicted octanol–water partition coefficient (Wildman–Crippen LogP) is 5.54. The zero-order valence-corrected chi connectivity index (χ0v) is 22.5. The Kier molecular flexibility index (Phi) is 9.49. The van der Waals surface area contributed by atoms with Gasteiger partial charge in [-0.1, -0.05) is 11.6 Å². The number of nitrogens with zero attached hydrogens (tertiary/aromatic N) is 1. The van der Waals surface area contributed by atoms with Crippen molar-refractivity contribution in [1.29, 1.82) is 0 Å². The first kappa shape index (κ1) is 30.9. The number of hydrogen-bond donors (Lipinski definition) is 2. The minimum atomic E-state index is -4.98. The highest BCUT2D eigenvalue weighted by atomic mass is 35.5. The Hall–Kier alpha value is -3.61. The Labute approximate surface area is 231 Å². The summed E-state index contributed by atoms with van der Waals surface area (Å²) in [7, 11) is 0. The maximum absolute atomic E-state index is 13.6. The van der Waals surface area contributed by atoms with Gasteiger partial charge in [-0.2, -0.15) is 13.2 Å². The fourth-order valence-electron chi connectivity index (χ4n) is 3.91. The van der Waals surface area contributed by atoms with Gasteiger partial charge in [0.15, 0.2) is 6.61 Å². The van der Waals surface area contributed by atoms with Gasteiger partial charge in [0.25, 0.3) is 5.91 Å². The van der Waals surface area contributed by atoms with E-state index in [9.17, 15) is 36.3 Å². The molecule has 2 atom stereocenters. The number of ether oxygens (including phenoxy) is 2. The summed E-state index contributed by atoms with van der Waals surface area (Å²) >= 11 is 5.62. The van der Waals surface area contributed by atoms with E-state index >= 15 is 0 Å². The smallest absolute Gasteiger partial charge is 0.419 e. The molecule has 1 aliphatic heterocycles. The van der Waals surface area contributed by atoms with Crippen LogP contribution in [0.5, 0.6) is 5.75 Å². The third-order valence-corrected chi connectivity index (χ3v) is 5.98. The molecule has 0 unspecified atom stereocenters. The van der Waals surface area contributed by atoms with Crippen molar-refractivity contribution in [3.8, 4) is 5.75 Å². The molecule has 3 amide bonds. The number of anilines is 1. The van der Waals surface area contributed by atoms with Gasteiger partial charge in [-0.15, -0.1) is 0 Å². The predicted molar refractivity (Wildman–Crippen MR) is 135 cm³/mol. The molecule has 1 saturated heterocycles. The lowest BCUT2D eigenvalue weighted by Crippen LogP contribution is -2.58. The lowest BCUT2D eigenvalue weighted by Gasteiger charge is -2.39. The lowest BCUT2D eigenvalue weighted by molar-refractivity contribution is -0.140. The molecule has 0 aliphatic carbocycles. The molecule has 40 heavy (non-hydrogen) atoms. The highest BCUT2D eigenvalue weighted by Gasteiger charge is 2.39. The molecule has 0 spiro atoms. The second kappa shape index (κ2) is 12.3. The summed E-state index contributed by atoms with van der Waals surface area (Å²) < 4.78 is 77.2. The Morgan fingerprint density at radius 1 is 1.02 bits per heavy atom. The average molecular weight is 592 g/mol. The highest BCUT2D eigenvalue weighted by Crippen LogP contribution is 2.33. The van der Waals surface area contributed by atoms with Crippen LogP contribution in [0.3, 0.4) is 0 Å². The topological polar surface area (TPSA) is 97.0 Å². The van der Waals surface area contributed by atoms with Gasteiger partial charge in [0.1, 0.15) is 29.0 Å². The fourth-order valence-corrected chi connectivity index (χ4v) is 4.03. The maximum atomic E-state index is 13.6. The summed E-state index contributed by atoms with van der Waals surface area (Å²) in [6.07, 6.45) is -5.62. The van der Waals surface area contributed by atoms with Crippen molar-refractivity contribution in [1.82, 2.24) is 10.2 Å². The van der Waals surface area contributed by atoms with Gasteiger partial charge in [-0.25, -0.2) is 13.6 Å². The standard InChI is InChI=1S/C26H27ClF5N3O5/c1-25(2,3)40-24(38)35-12-15(33-22(36)13-39-16-6-7-18(27)20(29)11-16)5-9-21(35)23(37)34-14-4-8-19(28)17(10-14)26(30,31)32/h4,6-8,10-11,15,21H,5,9,12-13H2,1-3H3,(H,33,36)(H,34,37)/t15-,21+/m0/s1. The van der Waals surface area contributed by atoms with Gasteiger partial charge in [-0.05, 0) is 63.9 Å². The zero-order chi connectivity index (χ0) is 29.8. The summed E-state index contributed by atoms with van der Waals surface area (Å²) in [5.41, 5.74) is -2.80. The molecule has 1 fully saturated rings. The summed E-state index contributed by atoms with van der Waals surface area (Å²) in [5, 5.41) is 4.86. The number of alkyl halides is 3. The number of benzene rings is 2. The van der Waals surface area contributed by atoms with Crippen molar-refractivity contribution < 1.29 is 45.8 Å². The second-order valence-electron chi connectivity index (χ2n) is 10.0. The zero-order valence-electron chi connectivity index (χ0n) is 21.7. The van der Waals surface area contributed by atoms with E-state index in [2.05, 4.69) is 10.6 Å². The molecule has 2 N–H and O–H groups in total. The van der Waals surface area contributed by atoms with E-state index < -0.39 is 65.6 Å². The van der Waals surface area contributed by atoms with Crippen molar-refractivity contribution in [2.45, 2.75) is 57.5 Å². The molecule has 0 radical (unpaired) electrons. The molecule has 3 rings (SSSR count). The van der Waals surface area contributed by atoms with Crippen LogP contribution in [0.4, 0.5) is 32.4 Å². The Bertz CT molecular complexity index is 1270. The summed E-state index contributed by atoms with van der Waals surface area (Å²) in [6.45, 7) is 4.19. The lowest BCUT2D eigenvalue weighted by atomic mass is 9.97. The summed E-state index contributed by atoms with van der Waals surface area (Å²) in [5.74, 6) is -3.55. The normalized spacial score (nSPS) is 17.7. The van der Waals surface area contributed by atoms with Gasteiger partial charge < -0.3 is 20.1 Å². The van der Waals surface area contributed by atoms with Gasteiger partial charge in [0.05, 0.1) is 10.6 Å². The van der Waals surface area contributed by atoms with Crippen LogP contribution in [0.15, 0.2) is 36.4 Å². The number of rotatable bonds is 6. The first-order chi connectivity index (χ1) is 18.5. The first-order valence-corrected chi connectivity index (χ1v) is 12.5. The number of amides is 3. The highest BCUT2D eigenvalue weighted by molar-refractivity contribution is 6.30. The molecule has 1 aliphatic rings. The minimum Gasteiger partial charge on any atom is -0.484 e. The van der Waals surface area contributed by atoms with Crippen LogP contribution in [0, 0.1) is 11.6 Å². The first-order valence-electron chi connectivity index (χ1n) is 12.1. The monoisotopic (exact) mass is 591 g/mol. The molecule has 14 heteroatoms. The molecular weight excluding hydrogens is 565 g/mol. The van der Waals surface area contributed by atoms with E-state index in [4.69, 9.17) is 21.1 Å². The summed E-state index contributed by atoms with van der Waals surface area (Å²) in [4.78, 5) is 39.5. The SMILES string of the molecule is CC(C)(C)OC(=O)N1C[C@@H](NC(=O)COc2ccc(Cl)c(F)c2)CC[C@@H]1C(=O)Nc1ccc(F)c(C(F)(F)F)c1. The largest absolute Gasteiger partial charge is 0.484 e. The molecule has 218 valence electrons. The van der Waals surface area contributed by atoms with Crippen LogP contribution in [-0.2, 0) is 20.5 Å². The molecular formula is C26H27ClF5N3O5. The number of carbonyl (C=O) groups excluding carboxylic acids is 3. The number of nitrogens with one attached hydrogen (secondary N) is 2. The molecule has 0 bridgehead atoms. The van der Waals surface area contributed by atoms with E-state index in [-0.39, 0.29) is 35.8 Å². The number of piperidine rings is 1. The van der Waals surface area contributed by atoms with E-state index in [1.165, 1.54) is 12.1 Å². The van der Waals surface area contributed by atoms with Crippen LogP contribution in [0.1, 0.15) is 39.2 Å². The third-order valence-electron chi connectivity index (χ3n) is 5.68. The van der Waals surface area contributed by atoms with Crippen LogP contribution in [-0.4, -0.2) is 53.6 Å². The number of likely N-dealkylation sites (tertiary alicyclic amines) is 1. The quantitative estimate of drug-likeness (QED) is 0.430. The third kappa shape index (κ3) is 8.44. The van der Waals surface area contributed by atoms with Crippen LogP contribution < -0.4 is 15.4 Å². The number of carbonyl (C=O) groups is 3. The number of hydrogen-bond acceptors (Lipinski definition) is 5. The average Bonchev–Trinajstić information content (AvgIpc) is 2.84. The van der Waals surface area contributed by atoms with Gasteiger partial charge in [-0.3, -0.25) is 14.5 Å². The van der Waals surface area contributed by atoms with Crippen LogP contribution >= 0.6 is 11.6 Å². The van der Waals surface area contributed by atoms with Crippen molar-refractivity contribution in [2.24, 2.45) is 0 Å². The van der Waals surface area contributed by atoms with E-state index in [1.807, 2.05) is 0 Å². The van der Waals surface area contributed by atoms with Crippen molar-refractivity contribution in [3.63, 3.8) is 0 Å². The molecule has 2 aromatic carbocycles. The van der Waals surface area contributed by atoms with Gasteiger partial charge in [0.2, 0.25) is 5.91 Å². The summed E-state index contributed by atoms with van der Waals surface area (Å²) in [6, 6.07) is 3.89. The Balaban J connectivity index is 1.70. The number of halogens is 6. The van der Waals surface area contributed by atoms with Crippen molar-refractivity contribution in [2.75, 3.05) is 18.5 Å². The van der Waals surface area contributed by atoms with Crippen LogP contribution in [0.2, 0.25) is 5.02 Å². The minimum absolute atomic E-state index is 0.0204. The second-order valence-corrected chi connectivity index (χ2v) is 10.4. The fraction of sp³-hybridized carbons (Fsp3) is 0.423. The molecule has 0 saturated carbocycles. The van der Waals surface area contributed by atoms with Gasteiger partial charge in [0, 0.05) is 24.3 Å². The van der Waals surface area contributed by atoms with E-state index in [0.717, 1.165) is 17.0 Å². The molecule has 8 nitrogen and oxygen atoms in total. The molecule has 2 aromatic rings. The van der Waals surface area contributed by atoms with Crippen LogP contribution in [0.25, 0.3) is 0 Å². The van der Waals surface area contributed by atoms with E-state index in [0.29, 0.717) is 12.1 Å². The van der Waals surface area contributed by atoms with Gasteiger partial charge >= 0.3 is 12.3 Å². The van der Waals surface area contributed by atoms with E-state index in [1.54, 1.807) is 20.8 Å². The van der Waals surface area contributed by atoms with Crippen molar-refractivity contribution >= 4 is 35.2 Å². The Morgan fingerprint density at radius 2 is 1.73 bits per heavy atom. The molecule has 0 aromatic heterocycles. The maximum Gasteiger partial charge on any atom is 0.419 e. The molecule has 1 heterocycles. The van der Waals surface area contributed by atoms with Crippen molar-refractivity contribution in [3.05, 3.63) is 58.6 Å². The Morgan fingerprint density at radius 3 is 2.35 bits per heavy atom.